The third-order valence-electron chi connectivity index (χ3n) is 0. The van der Waals surface area contributed by atoms with E-state index in [1.54, 1.807) is 0 Å². The van der Waals surface area contributed by atoms with Gasteiger partial charge in [0.1, 0.15) is 0 Å². The molecule has 63 heavy (non-hydrogen) atoms. The molecule has 0 N–H and O–H groups in total. The van der Waals surface area contributed by atoms with E-state index in [1.807, 2.05) is 0 Å². The topological polar surface area (TPSA) is 940 Å². The molecule has 0 bridgehead atoms. The van der Waals surface area contributed by atoms with Crippen LogP contribution in [0.1, 0.15) is 0 Å². The molecule has 0 amide bonds. The molecule has 0 radical (unpaired) electrons. The molecule has 0 aliphatic carbocycles. The molecule has 0 spiro atoms. The van der Waals surface area contributed by atoms with Crippen molar-refractivity contribution in [2.45, 2.75) is 0 Å². The summed E-state index contributed by atoms with van der Waals surface area (Å²) in [6, 6.07) is 0. The van der Waals surface area contributed by atoms with Crippen LogP contribution in [-0.2, 0) is 181 Å². The van der Waals surface area contributed by atoms with Crippen molar-refractivity contribution >= 4 is 0 Å². The Morgan fingerprint density at radius 1 is 0.0317 bits per heavy atom. The molecule has 0 heterocycles. The molecule has 0 saturated carbocycles. The van der Waals surface area contributed by atoms with E-state index in [4.69, 9.17) is 0 Å². The Labute approximate surface area is 1210 Å². The Kier molecular flexibility index (Phi) is 8940. The Morgan fingerprint density at radius 2 is 0.0317 bits per heavy atom. The first-order valence-electron chi connectivity index (χ1n) is 0. The van der Waals surface area contributed by atoms with Crippen molar-refractivity contribution in [1.82, 2.24) is 0 Å². The Balaban J connectivity index is 0. The summed E-state index contributed by atoms with van der Waals surface area (Å²) in [6.07, 6.45) is 0. The zero-order chi connectivity index (χ0) is 0. The minimum Gasteiger partial charge on any atom is -2.00 e. The van der Waals surface area contributed by atoms with Gasteiger partial charge in [0.2, 0.25) is 0 Å². The molecule has 0 aliphatic rings. The second-order valence-corrected chi connectivity index (χ2v) is 0. The van der Waals surface area contributed by atoms with E-state index in [-0.39, 0.29) is 1250 Å². The maximum atomic E-state index is 0. The first-order chi connectivity index (χ1) is 0. The third kappa shape index (κ3) is 724. The second kappa shape index (κ2) is 739. The van der Waals surface area contributed by atoms with E-state index in [9.17, 15) is 0 Å². The van der Waals surface area contributed by atoms with E-state index in [2.05, 4.69) is 0 Å². The van der Waals surface area contributed by atoms with Crippen molar-refractivity contribution in [2.75, 3.05) is 0 Å². The predicted molar refractivity (Wildman–Crippen MR) is 22.7 cm³/mol. The van der Waals surface area contributed by atoms with E-state index in [0.29, 0.717) is 0 Å². The van der Waals surface area contributed by atoms with Gasteiger partial charge in [-0.3, -0.25) is 0 Å². The van der Waals surface area contributed by atoms with Crippen LogP contribution in [0.2, 0.25) is 0 Å². The molecule has 0 fully saturated rings. The summed E-state index contributed by atoms with van der Waals surface area (Å²) in [5, 5.41) is 0. The quantitative estimate of drug-likeness (QED) is 0.225. The fourth-order valence-electron chi connectivity index (χ4n) is 0. The van der Waals surface area contributed by atoms with Gasteiger partial charge >= 0.3 is 1070 Å². The smallest absolute Gasteiger partial charge is 2.00 e. The number of hydrogen-bond donors (Lipinski definition) is 0. The van der Waals surface area contributed by atoms with Gasteiger partial charge in [0, 0.05) is 0 Å². The molecule has 0 atom stereocenters. The zero-order valence-corrected chi connectivity index (χ0v) is 140. The summed E-state index contributed by atoms with van der Waals surface area (Å²) < 4.78 is 0. The minimum atomic E-state index is 0. The van der Waals surface area contributed by atoms with Crippen LogP contribution in [0.15, 0.2) is 0 Å². The summed E-state index contributed by atoms with van der Waals surface area (Å²) in [6.45, 7) is 0. The average molecular weight is 4700 g/mol. The third-order valence-corrected chi connectivity index (χ3v) is 0. The van der Waals surface area contributed by atoms with Gasteiger partial charge in [-0.2, -0.15) is 0 Å². The number of hydrogen-bond acceptors (Lipinski definition) is 0. The van der Waals surface area contributed by atoms with Gasteiger partial charge in [-0.1, -0.05) is 0 Å². The van der Waals surface area contributed by atoms with Crippen LogP contribution in [0.25, 0.3) is 0 Å². The second-order valence-electron chi connectivity index (χ2n) is 0. The fraction of sp³-hybridized carbons (Fsp3) is 0. The molecule has 0 aliphatic heterocycles. The summed E-state index contributed by atoms with van der Waals surface area (Å²) in [5.41, 5.74) is 0. The molecule has 0 aromatic carbocycles. The Hall–Kier alpha value is 34.5. The minimum absolute atomic E-state index is 0. The molecule has 0 aromatic heterocycles. The maximum Gasteiger partial charge on any atom is 3.00 e. The first kappa shape index (κ1) is 762. The van der Waals surface area contributed by atoms with Crippen LogP contribution in [0.3, 0.4) is 0 Å². The van der Waals surface area contributed by atoms with Crippen molar-refractivity contribution in [1.29, 1.82) is 0 Å². The predicted octanol–water partition coefficient (Wildman–Crippen LogP) is -3.92. The van der Waals surface area contributed by atoms with Crippen molar-refractivity contribution in [3.05, 3.63) is 0 Å². The molecule has 0 aromatic rings. The van der Waals surface area contributed by atoms with Crippen LogP contribution >= 0.6 is 0 Å². The Bertz CT molecular complexity index is 62.9. The molecular weight excluding hydrogens is 4700 g/mol. The number of rotatable bonds is 0. The largest absolute Gasteiger partial charge is 3.00 e. The standard InChI is InChI=1S/30La.33O/q30*+3;33*-2. The van der Waals surface area contributed by atoms with Crippen LogP contribution < -0.4 is 0 Å². The van der Waals surface area contributed by atoms with E-state index < -0.39 is 0 Å². The summed E-state index contributed by atoms with van der Waals surface area (Å²) >= 11 is 0. The van der Waals surface area contributed by atoms with Crippen LogP contribution in [0.4, 0.5) is 0 Å². The summed E-state index contributed by atoms with van der Waals surface area (Å²) in [5.74, 6) is 0. The van der Waals surface area contributed by atoms with Crippen molar-refractivity contribution in [3.63, 3.8) is 0 Å². The van der Waals surface area contributed by atoms with Gasteiger partial charge in [0.25, 0.3) is 0 Å². The van der Waals surface area contributed by atoms with Crippen LogP contribution in [0.5, 0.6) is 0 Å². The molecule has 0 saturated heterocycles. The van der Waals surface area contributed by atoms with E-state index >= 15 is 0 Å². The summed E-state index contributed by atoms with van der Waals surface area (Å²) in [7, 11) is 0. The molecule has 0 rings (SSSR count). The van der Waals surface area contributed by atoms with Crippen LogP contribution in [0, 0.1) is 1070 Å². The SMILES string of the molecule is [La+3].[La+3].[La+3].[La+3].[La+3].[La+3].[La+3].[La+3].[La+3].[La+3].[La+3].[La+3].[La+3].[La+3].[La+3].[La+3].[La+3].[La+3].[La+3].[La+3].[La+3].[La+3].[La+3].[La+3].[La+3].[La+3].[La+3].[La+3].[La+3].[La+3].[O-2].[O-2].[O-2].[O-2].[O-2].[O-2].[O-2].[O-2].[O-2].[O-2].[O-2].[O-2].[O-2].[O-2].[O-2].[O-2].[O-2].[O-2].[O-2].[O-2].[O-2].[O-2].[O-2].[O-2].[O-2].[O-2].[O-2].[O-2].[O-2].[O-2].[O-2].[O-2].[O-2]. The molecule has 33 nitrogen and oxygen atoms in total. The Morgan fingerprint density at radius 3 is 0.0317 bits per heavy atom. The van der Waals surface area contributed by atoms with Gasteiger partial charge < -0.3 is 181 Å². The first-order valence-corrected chi connectivity index (χ1v) is 0. The average Bonchev–Trinajstić information content (AvgIpc) is 0. The summed E-state index contributed by atoms with van der Waals surface area (Å²) in [4.78, 5) is 0. The van der Waals surface area contributed by atoms with Crippen molar-refractivity contribution in [3.8, 4) is 0 Å². The monoisotopic (exact) mass is 4700 g/mol. The van der Waals surface area contributed by atoms with E-state index in [0.717, 1.165) is 0 Å². The molecule has 63 heteroatoms. The van der Waals surface area contributed by atoms with Gasteiger partial charge in [-0.15, -0.1) is 0 Å². The van der Waals surface area contributed by atoms with Crippen LogP contribution in [-0.4, -0.2) is 0 Å². The van der Waals surface area contributed by atoms with Gasteiger partial charge in [0.15, 0.2) is 0 Å². The molecule has 264 valence electrons. The van der Waals surface area contributed by atoms with E-state index in [1.165, 1.54) is 0 Å². The van der Waals surface area contributed by atoms with Crippen molar-refractivity contribution < 1.29 is 1250 Å². The molecular formula is La30O33+24. The normalized spacial score (nSPS) is 0. The zero-order valence-electron chi connectivity index (χ0n) is 30.8. The maximum absolute atomic E-state index is 0. The fourth-order valence-corrected chi connectivity index (χ4v) is 0. The van der Waals surface area contributed by atoms with Gasteiger partial charge in [-0.05, 0) is 0 Å². The van der Waals surface area contributed by atoms with Crippen molar-refractivity contribution in [2.24, 2.45) is 0 Å². The molecule has 0 unspecified atom stereocenters. The van der Waals surface area contributed by atoms with Gasteiger partial charge in [-0.25, -0.2) is 0 Å². The van der Waals surface area contributed by atoms with Gasteiger partial charge in [0.05, 0.1) is 0 Å².